The van der Waals surface area contributed by atoms with Crippen LogP contribution in [0.3, 0.4) is 0 Å². The van der Waals surface area contributed by atoms with Crippen molar-refractivity contribution in [2.75, 3.05) is 0 Å². The van der Waals surface area contributed by atoms with E-state index < -0.39 is 24.8 Å². The second-order valence-electron chi connectivity index (χ2n) is 8.27. The van der Waals surface area contributed by atoms with Crippen molar-refractivity contribution in [3.63, 3.8) is 0 Å². The quantitative estimate of drug-likeness (QED) is 0.343. The maximum atomic E-state index is 12.4. The predicted molar refractivity (Wildman–Crippen MR) is 120 cm³/mol. The molecule has 0 aliphatic carbocycles. The van der Waals surface area contributed by atoms with Crippen LogP contribution in [0.1, 0.15) is 44.0 Å². The van der Waals surface area contributed by atoms with E-state index in [1.54, 1.807) is 24.5 Å². The SMILES string of the molecule is CC(C)c1nccc(-c2ccn3c(-c4cccc(CC(=O)CCC(F)(F)F)c4)cnc3c2)n1. The summed E-state index contributed by atoms with van der Waals surface area (Å²) in [5.41, 5.74) is 4.81. The maximum absolute atomic E-state index is 12.4. The highest BCUT2D eigenvalue weighted by Gasteiger charge is 2.27. The van der Waals surface area contributed by atoms with E-state index in [1.807, 2.05) is 54.8 Å². The number of imidazole rings is 1. The zero-order valence-electron chi connectivity index (χ0n) is 18.3. The molecule has 4 rings (SSSR count). The molecule has 0 unspecified atom stereocenters. The number of carbonyl (C=O) groups is 1. The van der Waals surface area contributed by atoms with Crippen LogP contribution >= 0.6 is 0 Å². The van der Waals surface area contributed by atoms with Gasteiger partial charge < -0.3 is 0 Å². The van der Waals surface area contributed by atoms with E-state index in [9.17, 15) is 18.0 Å². The number of carbonyl (C=O) groups excluding carboxylic acids is 1. The first-order valence-electron chi connectivity index (χ1n) is 10.7. The van der Waals surface area contributed by atoms with E-state index >= 15 is 0 Å². The molecule has 0 N–H and O–H groups in total. The molecule has 0 fully saturated rings. The van der Waals surface area contributed by atoms with E-state index in [4.69, 9.17) is 0 Å². The van der Waals surface area contributed by atoms with Crippen LogP contribution in [-0.4, -0.2) is 31.3 Å². The van der Waals surface area contributed by atoms with Gasteiger partial charge in [-0.15, -0.1) is 0 Å². The van der Waals surface area contributed by atoms with Crippen LogP contribution in [0, 0.1) is 0 Å². The van der Waals surface area contributed by atoms with Gasteiger partial charge in [0.05, 0.1) is 24.0 Å². The Kier molecular flexibility index (Phi) is 6.26. The van der Waals surface area contributed by atoms with Crippen molar-refractivity contribution >= 4 is 11.4 Å². The topological polar surface area (TPSA) is 60.2 Å². The summed E-state index contributed by atoms with van der Waals surface area (Å²) in [4.78, 5) is 25.4. The second-order valence-corrected chi connectivity index (χ2v) is 8.27. The Bertz CT molecular complexity index is 1290. The van der Waals surface area contributed by atoms with Gasteiger partial charge in [0.2, 0.25) is 0 Å². The highest BCUT2D eigenvalue weighted by atomic mass is 19.4. The minimum Gasteiger partial charge on any atom is -0.300 e. The van der Waals surface area contributed by atoms with Crippen molar-refractivity contribution in [2.24, 2.45) is 0 Å². The number of pyridine rings is 1. The summed E-state index contributed by atoms with van der Waals surface area (Å²) < 4.78 is 39.1. The number of alkyl halides is 3. The Balaban J connectivity index is 1.58. The summed E-state index contributed by atoms with van der Waals surface area (Å²) >= 11 is 0. The summed E-state index contributed by atoms with van der Waals surface area (Å²) in [5, 5.41) is 0. The first-order valence-corrected chi connectivity index (χ1v) is 10.7. The molecule has 0 amide bonds. The van der Waals surface area contributed by atoms with Gasteiger partial charge in [0.15, 0.2) is 0 Å². The van der Waals surface area contributed by atoms with Gasteiger partial charge in [0.1, 0.15) is 17.3 Å². The third-order valence-corrected chi connectivity index (χ3v) is 5.31. The molecule has 0 saturated heterocycles. The molecular weight excluding hydrogens is 429 g/mol. The van der Waals surface area contributed by atoms with Gasteiger partial charge >= 0.3 is 6.18 Å². The minimum absolute atomic E-state index is 0.0311. The Labute approximate surface area is 189 Å². The minimum atomic E-state index is -4.32. The highest BCUT2D eigenvalue weighted by molar-refractivity contribution is 5.81. The summed E-state index contributed by atoms with van der Waals surface area (Å²) in [6.07, 6.45) is -0.555. The predicted octanol–water partition coefficient (Wildman–Crippen LogP) is 6.04. The molecule has 3 aromatic heterocycles. The number of hydrogen-bond acceptors (Lipinski definition) is 4. The maximum Gasteiger partial charge on any atom is 0.389 e. The van der Waals surface area contributed by atoms with Gasteiger partial charge in [0.25, 0.3) is 0 Å². The number of Topliss-reactive ketones (excluding diaryl/α,β-unsaturated/α-hetero) is 1. The molecule has 0 spiro atoms. The molecule has 33 heavy (non-hydrogen) atoms. The zero-order valence-corrected chi connectivity index (χ0v) is 18.3. The van der Waals surface area contributed by atoms with E-state index in [0.29, 0.717) is 5.56 Å². The molecule has 0 atom stereocenters. The summed E-state index contributed by atoms with van der Waals surface area (Å²) in [6, 6.07) is 13.0. The monoisotopic (exact) mass is 452 g/mol. The summed E-state index contributed by atoms with van der Waals surface area (Å²) in [5.74, 6) is 0.565. The van der Waals surface area contributed by atoms with Gasteiger partial charge in [-0.25, -0.2) is 15.0 Å². The lowest BCUT2D eigenvalue weighted by Crippen LogP contribution is -2.12. The molecule has 0 aliphatic rings. The fraction of sp³-hybridized carbons (Fsp3) is 0.280. The molecule has 8 heteroatoms. The number of hydrogen-bond donors (Lipinski definition) is 0. The number of aromatic nitrogens is 4. The van der Waals surface area contributed by atoms with Crippen LogP contribution < -0.4 is 0 Å². The number of nitrogens with zero attached hydrogens (tertiary/aromatic N) is 4. The van der Waals surface area contributed by atoms with E-state index in [1.165, 1.54) is 0 Å². The molecule has 4 aromatic rings. The lowest BCUT2D eigenvalue weighted by atomic mass is 10.0. The average Bonchev–Trinajstić information content (AvgIpc) is 3.21. The molecule has 0 aliphatic heterocycles. The smallest absolute Gasteiger partial charge is 0.300 e. The highest BCUT2D eigenvalue weighted by Crippen LogP contribution is 2.26. The third-order valence-electron chi connectivity index (χ3n) is 5.31. The Morgan fingerprint density at radius 3 is 2.64 bits per heavy atom. The van der Waals surface area contributed by atoms with Crippen molar-refractivity contribution in [1.82, 2.24) is 19.4 Å². The van der Waals surface area contributed by atoms with Gasteiger partial charge in [-0.3, -0.25) is 9.20 Å². The van der Waals surface area contributed by atoms with Gasteiger partial charge in [-0.2, -0.15) is 13.2 Å². The van der Waals surface area contributed by atoms with Crippen LogP contribution in [0.15, 0.2) is 61.1 Å². The number of halogens is 3. The summed E-state index contributed by atoms with van der Waals surface area (Å²) in [7, 11) is 0. The Morgan fingerprint density at radius 1 is 1.06 bits per heavy atom. The number of benzene rings is 1. The lowest BCUT2D eigenvalue weighted by Gasteiger charge is -2.08. The van der Waals surface area contributed by atoms with Crippen LogP contribution in [0.2, 0.25) is 0 Å². The van der Waals surface area contributed by atoms with E-state index in [-0.39, 0.29) is 12.3 Å². The fourth-order valence-electron chi connectivity index (χ4n) is 3.60. The van der Waals surface area contributed by atoms with Crippen molar-refractivity contribution < 1.29 is 18.0 Å². The number of ketones is 1. The van der Waals surface area contributed by atoms with E-state index in [2.05, 4.69) is 15.0 Å². The van der Waals surface area contributed by atoms with Gasteiger partial charge in [0, 0.05) is 42.3 Å². The molecule has 5 nitrogen and oxygen atoms in total. The largest absolute Gasteiger partial charge is 0.389 e. The average molecular weight is 452 g/mol. The normalized spacial score (nSPS) is 11.9. The van der Waals surface area contributed by atoms with Crippen molar-refractivity contribution in [3.05, 3.63) is 72.4 Å². The second kappa shape index (κ2) is 9.13. The number of fused-ring (bicyclic) bond motifs is 1. The molecule has 1 aromatic carbocycles. The van der Waals surface area contributed by atoms with Gasteiger partial charge in [-0.1, -0.05) is 32.0 Å². The third kappa shape index (κ3) is 5.45. The lowest BCUT2D eigenvalue weighted by molar-refractivity contribution is -0.143. The Hall–Kier alpha value is -3.55. The zero-order chi connectivity index (χ0) is 23.6. The first kappa shape index (κ1) is 22.6. The molecule has 0 saturated carbocycles. The molecular formula is C25H23F3N4O. The van der Waals surface area contributed by atoms with Crippen LogP contribution in [0.4, 0.5) is 13.2 Å². The van der Waals surface area contributed by atoms with Gasteiger partial charge in [-0.05, 0) is 29.8 Å². The van der Waals surface area contributed by atoms with Crippen LogP contribution in [-0.2, 0) is 11.2 Å². The van der Waals surface area contributed by atoms with Crippen molar-refractivity contribution in [2.45, 2.75) is 45.2 Å². The van der Waals surface area contributed by atoms with Crippen molar-refractivity contribution in [3.8, 4) is 22.5 Å². The molecule has 3 heterocycles. The standard InChI is InChI=1S/C25H23F3N4O/c1-16(2)24-29-10-7-21(31-24)18-8-11-32-22(15-30-23(32)14-18)19-5-3-4-17(12-19)13-20(33)6-9-25(26,27)28/h3-5,7-8,10-12,14-16H,6,9,13H2,1-2H3. The number of rotatable bonds is 7. The summed E-state index contributed by atoms with van der Waals surface area (Å²) in [6.45, 7) is 4.09. The fourth-order valence-corrected chi connectivity index (χ4v) is 3.60. The molecule has 0 radical (unpaired) electrons. The van der Waals surface area contributed by atoms with Crippen LogP contribution in [0.25, 0.3) is 28.2 Å². The van der Waals surface area contributed by atoms with E-state index in [0.717, 1.165) is 34.0 Å². The Morgan fingerprint density at radius 2 is 1.88 bits per heavy atom. The first-order chi connectivity index (χ1) is 15.7. The molecule has 0 bridgehead atoms. The van der Waals surface area contributed by atoms with Crippen LogP contribution in [0.5, 0.6) is 0 Å². The molecule has 170 valence electrons. The van der Waals surface area contributed by atoms with Crippen molar-refractivity contribution in [1.29, 1.82) is 0 Å².